The van der Waals surface area contributed by atoms with Gasteiger partial charge >= 0.3 is 139 Å². The molecule has 0 aliphatic carbocycles. The molecule has 1 saturated heterocycles. The molecule has 78 heavy (non-hydrogen) atoms. The summed E-state index contributed by atoms with van der Waals surface area (Å²) in [6, 6.07) is 0. The van der Waals surface area contributed by atoms with Crippen LogP contribution in [0.4, 0.5) is 0 Å². The van der Waals surface area contributed by atoms with Crippen molar-refractivity contribution in [2.24, 2.45) is 0 Å². The predicted octanol–water partition coefficient (Wildman–Crippen LogP) is -3.39. The van der Waals surface area contributed by atoms with Crippen molar-refractivity contribution in [2.45, 2.75) is 19.7 Å². The summed E-state index contributed by atoms with van der Waals surface area (Å²) in [4.78, 5) is 254. The van der Waals surface area contributed by atoms with Gasteiger partial charge in [0.2, 0.25) is 14.7 Å². The maximum atomic E-state index is 15.5. The second-order valence-electron chi connectivity index (χ2n) is 13.2. The van der Waals surface area contributed by atoms with E-state index in [0.717, 1.165) is 0 Å². The molecule has 1 fully saturated rings. The molecule has 73 heteroatoms. The lowest BCUT2D eigenvalue weighted by Gasteiger charge is -2.68. The van der Waals surface area contributed by atoms with Gasteiger partial charge in [0.1, 0.15) is 0 Å². The van der Waals surface area contributed by atoms with Crippen LogP contribution < -0.4 is 0 Å². The van der Waals surface area contributed by atoms with E-state index in [1.165, 1.54) is 0 Å². The molecule has 0 aromatic heterocycles. The van der Waals surface area contributed by atoms with Gasteiger partial charge in [-0.15, -0.1) is 0 Å². The van der Waals surface area contributed by atoms with Gasteiger partial charge in [-0.2, -0.15) is 8.98 Å². The first-order valence-electron chi connectivity index (χ1n) is 15.6. The van der Waals surface area contributed by atoms with Gasteiger partial charge < -0.3 is 132 Å². The summed E-state index contributed by atoms with van der Waals surface area (Å²) in [5, 5.41) is -8.89. The van der Waals surface area contributed by atoms with Crippen LogP contribution >= 0.6 is 139 Å². The van der Waals surface area contributed by atoms with E-state index in [-0.39, 0.29) is 0 Å². The van der Waals surface area contributed by atoms with Crippen molar-refractivity contribution in [1.29, 1.82) is 0 Å². The number of rotatable bonds is 27. The minimum atomic E-state index is -11.0. The molecule has 0 bridgehead atoms. The second kappa shape index (κ2) is 22.6. The third-order valence-corrected chi connectivity index (χ3v) is 44.6. The topological polar surface area (TPSA) is 940 Å². The zero-order valence-electron chi connectivity index (χ0n) is 34.3. The third-order valence-electron chi connectivity index (χ3n) is 7.86. The SMILES string of the molecule is O=P(O)(O)OP(=O)(O)N1CC(P(=O)(O)OP(=O)(O)O)(P(=O)(O)OP(=O)(O)O)C(P(=O)(O)OP(=O)(O)O)(P(=O)(O)OP(=O)(O)O)C(P(=O)(O)OP(=O)(O)O)(P(=O)(O)OP(=O)(O)O)C1(P(=O)(O)OP(=O)(O)O)P(=O)(O)OP(=O)(O)O. The van der Waals surface area contributed by atoms with Gasteiger partial charge in [-0.1, -0.05) is 0 Å². The molecule has 1 heterocycles. The number of phosphoric acid groups is 9. The number of hydrogen-bond acceptors (Lipinski definition) is 27. The molecule has 0 amide bonds. The molecule has 0 saturated carbocycles. The van der Waals surface area contributed by atoms with E-state index in [1.54, 1.807) is 0 Å². The lowest BCUT2D eigenvalue weighted by atomic mass is 10.1. The monoisotopic (exact) mass is 1520 g/mol. The molecule has 1 rings (SSSR count). The van der Waals surface area contributed by atoms with E-state index in [9.17, 15) is 178 Å². The lowest BCUT2D eigenvalue weighted by molar-refractivity contribution is 0.0772. The van der Waals surface area contributed by atoms with Crippen LogP contribution in [-0.2, 0) is 121 Å². The summed E-state index contributed by atoms with van der Waals surface area (Å²) >= 11 is 0. The van der Waals surface area contributed by atoms with Crippen LogP contribution in [0, 0.1) is 0 Å². The van der Waals surface area contributed by atoms with Gasteiger partial charge in [0.15, 0.2) is 0 Å². The van der Waals surface area contributed by atoms with Gasteiger partial charge in [0.25, 0.3) is 5.02 Å². The van der Waals surface area contributed by atoms with Crippen LogP contribution in [0.1, 0.15) is 0 Å². The molecule has 468 valence electrons. The molecule has 0 aromatic carbocycles. The smallest absolute Gasteiger partial charge is 0.323 e. The first kappa shape index (κ1) is 78.7. The van der Waals surface area contributed by atoms with Crippen molar-refractivity contribution in [3.63, 3.8) is 0 Å². The van der Waals surface area contributed by atoms with Gasteiger partial charge in [0, 0.05) is 6.54 Å². The third kappa shape index (κ3) is 15.9. The van der Waals surface area contributed by atoms with Gasteiger partial charge in [-0.05, 0) is 0 Å². The van der Waals surface area contributed by atoms with E-state index in [2.05, 4.69) is 38.8 Å². The molecule has 1 aliphatic heterocycles. The zero-order valence-corrected chi connectivity index (χ0v) is 50.4. The van der Waals surface area contributed by atoms with E-state index in [4.69, 9.17) is 0 Å². The van der Waals surface area contributed by atoms with Crippen molar-refractivity contribution in [3.8, 4) is 0 Å². The normalized spacial score (nSPS) is 30.3. The minimum Gasteiger partial charge on any atom is -0.323 e. The highest BCUT2D eigenvalue weighted by Gasteiger charge is 3.11. The maximum absolute atomic E-state index is 15.5. The summed E-state index contributed by atoms with van der Waals surface area (Å²) in [6.45, 7) is -5.52. The Bertz CT molecular complexity index is 3120. The molecule has 0 spiro atoms. The summed E-state index contributed by atoms with van der Waals surface area (Å²) in [7, 11) is -170. The maximum Gasteiger partial charge on any atom is 0.477 e. The highest BCUT2D eigenvalue weighted by molar-refractivity contribution is 7.93. The summed E-state index contributed by atoms with van der Waals surface area (Å²) in [5.41, 5.74) is 0. The largest absolute Gasteiger partial charge is 0.477 e. The molecular formula is C5H29NO54P18. The number of piperidine rings is 1. The Balaban J connectivity index is 7.32. The zero-order chi connectivity index (χ0) is 63.6. The van der Waals surface area contributed by atoms with E-state index >= 15 is 36.5 Å². The average molecular weight is 1520 g/mol. The fraction of sp³-hybridized carbons (Fsp3) is 1.00. The summed E-state index contributed by atoms with van der Waals surface area (Å²) < 4.78 is 273. The fourth-order valence-electron chi connectivity index (χ4n) is 6.73. The van der Waals surface area contributed by atoms with E-state index in [1.807, 2.05) is 0 Å². The van der Waals surface area contributed by atoms with Crippen molar-refractivity contribution < 1.29 is 253 Å². The van der Waals surface area contributed by atoms with Crippen LogP contribution in [-0.4, -0.2) is 163 Å². The Morgan fingerprint density at radius 3 is 0.590 bits per heavy atom. The van der Waals surface area contributed by atoms with Crippen molar-refractivity contribution >= 4 is 139 Å². The average Bonchev–Trinajstić information content (AvgIpc) is 2.95. The quantitative estimate of drug-likeness (QED) is 0.0357. The van der Waals surface area contributed by atoms with E-state index < -0.39 is 170 Å². The molecule has 1 aliphatic rings. The molecule has 0 aromatic rings. The molecular weight excluding hydrogens is 1500 g/mol. The number of hydrogen-bond donors (Lipinski definition) is 27. The summed E-state index contributed by atoms with van der Waals surface area (Å²) in [5.74, 6) is 0. The molecule has 9 unspecified atom stereocenters. The van der Waals surface area contributed by atoms with Crippen LogP contribution in [0.5, 0.6) is 0 Å². The highest BCUT2D eigenvalue weighted by Crippen LogP contribution is 3.10. The molecule has 0 radical (unpaired) electrons. The Morgan fingerprint density at radius 1 is 0.231 bits per heavy atom. The van der Waals surface area contributed by atoms with Crippen LogP contribution in [0.15, 0.2) is 0 Å². The van der Waals surface area contributed by atoms with Crippen molar-refractivity contribution in [1.82, 2.24) is 4.67 Å². The fourth-order valence-corrected chi connectivity index (χ4v) is 49.4. The molecule has 9 atom stereocenters. The second-order valence-corrected chi connectivity index (χ2v) is 44.6. The predicted molar refractivity (Wildman–Crippen MR) is 224 cm³/mol. The van der Waals surface area contributed by atoms with Crippen molar-refractivity contribution in [2.75, 3.05) is 6.54 Å². The minimum absolute atomic E-state index is 2.92. The Hall–Kier alpha value is 2.66. The van der Waals surface area contributed by atoms with Crippen LogP contribution in [0.3, 0.4) is 0 Å². The van der Waals surface area contributed by atoms with Gasteiger partial charge in [0.05, 0.1) is 0 Å². The first-order chi connectivity index (χ1) is 33.0. The van der Waals surface area contributed by atoms with Crippen molar-refractivity contribution in [3.05, 3.63) is 0 Å². The van der Waals surface area contributed by atoms with E-state index in [0.29, 0.717) is 0 Å². The van der Waals surface area contributed by atoms with Crippen LogP contribution in [0.25, 0.3) is 0 Å². The van der Waals surface area contributed by atoms with Gasteiger partial charge in [-0.3, -0.25) is 36.5 Å². The number of nitrogens with zero attached hydrogens (tertiary/aromatic N) is 1. The molecule has 55 nitrogen and oxygen atoms in total. The van der Waals surface area contributed by atoms with Gasteiger partial charge in [-0.25, -0.2) is 80.1 Å². The first-order valence-corrected chi connectivity index (χ1v) is 43.5. The summed E-state index contributed by atoms with van der Waals surface area (Å²) in [6.07, 6.45) is 0. The Morgan fingerprint density at radius 2 is 0.397 bits per heavy atom. The standard InChI is InChI=1S/C5H29NO54P18/c7-61(8,52-70(25,26)27)2(62(9,10)53-71(28,29)30)1-6(69(23,24)60-78(49,50)51)5(67(19,20)58-76(43,44)45,68(21,22)59-77(46,47)48)4(65(15,16)56-74(37,38)39,66(17,18)57-75(40,41)42)3(2,63(11,12)54-72(31,32)33)64(13,14)55-73(34,35)36/h1H2,(H,7,8)(H,9,10)(H,11,12)(H,13,14)(H,15,16)(H,17,18)(H,19,20)(H,21,22)(H,23,24)(H2,25,26,27)(H2,28,29,30)(H2,31,32,33)(H2,34,35,36)(H2,37,38,39)(H2,40,41,42)(H2,43,44,45)(H2,46,47,48)(H2,49,50,51). The Kier molecular flexibility index (Phi) is 22.8. The lowest BCUT2D eigenvalue weighted by Crippen LogP contribution is -2.82. The Labute approximate surface area is 422 Å². The highest BCUT2D eigenvalue weighted by atomic mass is 31.3. The van der Waals surface area contributed by atoms with Crippen LogP contribution in [0.2, 0.25) is 0 Å². The molecule has 27 N–H and O–H groups in total.